The standard InChI is InChI=1S/C14H25N3S/c1-10(2)17-7-5-6-12(17)8-14-16-9-13(18-14)11(3)15-4/h9-12,15H,5-8H2,1-4H3. The van der Waals surface area contributed by atoms with E-state index in [0.717, 1.165) is 6.42 Å². The predicted molar refractivity (Wildman–Crippen MR) is 78.2 cm³/mol. The molecular formula is C14H25N3S. The van der Waals surface area contributed by atoms with Gasteiger partial charge in [0.05, 0.1) is 5.01 Å². The van der Waals surface area contributed by atoms with E-state index in [1.54, 1.807) is 0 Å². The maximum absolute atomic E-state index is 4.59. The summed E-state index contributed by atoms with van der Waals surface area (Å²) in [7, 11) is 2.00. The van der Waals surface area contributed by atoms with Crippen molar-refractivity contribution in [3.8, 4) is 0 Å². The minimum Gasteiger partial charge on any atom is -0.312 e. The Morgan fingerprint density at radius 3 is 2.94 bits per heavy atom. The first-order valence-corrected chi connectivity index (χ1v) is 7.81. The van der Waals surface area contributed by atoms with Crippen LogP contribution >= 0.6 is 11.3 Å². The Balaban J connectivity index is 1.98. The van der Waals surface area contributed by atoms with Crippen molar-refractivity contribution >= 4 is 11.3 Å². The van der Waals surface area contributed by atoms with E-state index in [2.05, 4.69) is 36.0 Å². The number of hydrogen-bond acceptors (Lipinski definition) is 4. The number of likely N-dealkylation sites (tertiary alicyclic amines) is 1. The van der Waals surface area contributed by atoms with Crippen LogP contribution in [0.15, 0.2) is 6.20 Å². The maximum atomic E-state index is 4.59. The highest BCUT2D eigenvalue weighted by Crippen LogP contribution is 2.26. The molecule has 2 rings (SSSR count). The molecule has 1 fully saturated rings. The molecule has 1 aliphatic heterocycles. The molecule has 1 saturated heterocycles. The molecule has 3 nitrogen and oxygen atoms in total. The van der Waals surface area contributed by atoms with Crippen molar-refractivity contribution in [2.75, 3.05) is 13.6 Å². The highest BCUT2D eigenvalue weighted by Gasteiger charge is 2.27. The van der Waals surface area contributed by atoms with Crippen LogP contribution in [0.5, 0.6) is 0 Å². The summed E-state index contributed by atoms with van der Waals surface area (Å²) in [4.78, 5) is 8.57. The molecule has 1 N–H and O–H groups in total. The van der Waals surface area contributed by atoms with Gasteiger partial charge >= 0.3 is 0 Å². The minimum absolute atomic E-state index is 0.418. The van der Waals surface area contributed by atoms with Crippen molar-refractivity contribution in [2.45, 2.75) is 58.2 Å². The fraction of sp³-hybridized carbons (Fsp3) is 0.786. The van der Waals surface area contributed by atoms with E-state index < -0.39 is 0 Å². The van der Waals surface area contributed by atoms with Crippen LogP contribution in [-0.4, -0.2) is 35.6 Å². The van der Waals surface area contributed by atoms with Crippen LogP contribution in [0.2, 0.25) is 0 Å². The van der Waals surface area contributed by atoms with Gasteiger partial charge in [-0.15, -0.1) is 11.3 Å². The van der Waals surface area contributed by atoms with Gasteiger partial charge in [-0.1, -0.05) is 0 Å². The molecule has 0 radical (unpaired) electrons. The Morgan fingerprint density at radius 2 is 2.28 bits per heavy atom. The molecule has 4 heteroatoms. The first kappa shape index (κ1) is 14.0. The Bertz CT molecular complexity index is 375. The summed E-state index contributed by atoms with van der Waals surface area (Å²) >= 11 is 1.87. The van der Waals surface area contributed by atoms with Gasteiger partial charge in [0.2, 0.25) is 0 Å². The van der Waals surface area contributed by atoms with Crippen molar-refractivity contribution < 1.29 is 0 Å². The van der Waals surface area contributed by atoms with Gasteiger partial charge in [-0.3, -0.25) is 4.90 Å². The quantitative estimate of drug-likeness (QED) is 0.889. The van der Waals surface area contributed by atoms with Gasteiger partial charge in [0.15, 0.2) is 0 Å². The first-order valence-electron chi connectivity index (χ1n) is 6.99. The third-order valence-corrected chi connectivity index (χ3v) is 5.13. The van der Waals surface area contributed by atoms with Crippen molar-refractivity contribution in [1.29, 1.82) is 0 Å². The Kier molecular flexibility index (Phi) is 4.76. The number of hydrogen-bond donors (Lipinski definition) is 1. The summed E-state index contributed by atoms with van der Waals surface area (Å²) in [5.41, 5.74) is 0. The summed E-state index contributed by atoms with van der Waals surface area (Å²) in [6.07, 6.45) is 5.83. The molecule has 1 aromatic heterocycles. The zero-order valence-electron chi connectivity index (χ0n) is 11.9. The highest BCUT2D eigenvalue weighted by molar-refractivity contribution is 7.11. The third-order valence-electron chi connectivity index (χ3n) is 3.93. The molecule has 1 aromatic rings. The van der Waals surface area contributed by atoms with E-state index in [-0.39, 0.29) is 0 Å². The fourth-order valence-corrected chi connectivity index (χ4v) is 3.77. The number of nitrogens with one attached hydrogen (secondary N) is 1. The SMILES string of the molecule is CNC(C)c1cnc(CC2CCCN2C(C)C)s1. The van der Waals surface area contributed by atoms with Crippen LogP contribution in [0.25, 0.3) is 0 Å². The summed E-state index contributed by atoms with van der Waals surface area (Å²) < 4.78 is 0. The van der Waals surface area contributed by atoms with Crippen LogP contribution in [0, 0.1) is 0 Å². The molecule has 18 heavy (non-hydrogen) atoms. The first-order chi connectivity index (χ1) is 8.61. The summed E-state index contributed by atoms with van der Waals surface area (Å²) in [5, 5.41) is 4.57. The molecule has 2 unspecified atom stereocenters. The van der Waals surface area contributed by atoms with Gasteiger partial charge in [-0.2, -0.15) is 0 Å². The number of thiazole rings is 1. The average Bonchev–Trinajstić information content (AvgIpc) is 2.97. The Labute approximate surface area is 115 Å². The molecule has 0 spiro atoms. The molecule has 2 heterocycles. The highest BCUT2D eigenvalue weighted by atomic mass is 32.1. The summed E-state index contributed by atoms with van der Waals surface area (Å²) in [6, 6.07) is 1.78. The van der Waals surface area contributed by atoms with E-state index in [0.29, 0.717) is 18.1 Å². The topological polar surface area (TPSA) is 28.2 Å². The zero-order valence-corrected chi connectivity index (χ0v) is 12.8. The van der Waals surface area contributed by atoms with Crippen LogP contribution in [0.4, 0.5) is 0 Å². The van der Waals surface area contributed by atoms with Gasteiger partial charge < -0.3 is 5.32 Å². The van der Waals surface area contributed by atoms with Crippen LogP contribution in [0.3, 0.4) is 0 Å². The number of rotatable bonds is 5. The predicted octanol–water partition coefficient (Wildman–Crippen LogP) is 2.84. The second kappa shape index (κ2) is 6.13. The van der Waals surface area contributed by atoms with Gasteiger partial charge in [0.1, 0.15) is 0 Å². The summed E-state index contributed by atoms with van der Waals surface area (Å²) in [5.74, 6) is 0. The second-order valence-electron chi connectivity index (χ2n) is 5.50. The largest absolute Gasteiger partial charge is 0.312 e. The molecule has 2 atom stereocenters. The lowest BCUT2D eigenvalue weighted by Gasteiger charge is -2.27. The molecular weight excluding hydrogens is 242 g/mol. The van der Waals surface area contributed by atoms with Crippen LogP contribution < -0.4 is 5.32 Å². The maximum Gasteiger partial charge on any atom is 0.0943 e. The summed E-state index contributed by atoms with van der Waals surface area (Å²) in [6.45, 7) is 8.05. The van der Waals surface area contributed by atoms with E-state index in [1.807, 2.05) is 24.6 Å². The molecule has 102 valence electrons. The lowest BCUT2D eigenvalue weighted by molar-refractivity contribution is 0.202. The van der Waals surface area contributed by atoms with Crippen LogP contribution in [-0.2, 0) is 6.42 Å². The van der Waals surface area contributed by atoms with Crippen molar-refractivity contribution in [2.24, 2.45) is 0 Å². The van der Waals surface area contributed by atoms with E-state index in [9.17, 15) is 0 Å². The Morgan fingerprint density at radius 1 is 1.50 bits per heavy atom. The van der Waals surface area contributed by atoms with Crippen molar-refractivity contribution in [1.82, 2.24) is 15.2 Å². The number of nitrogens with zero attached hydrogens (tertiary/aromatic N) is 2. The van der Waals surface area contributed by atoms with Crippen molar-refractivity contribution in [3.63, 3.8) is 0 Å². The van der Waals surface area contributed by atoms with Crippen molar-refractivity contribution in [3.05, 3.63) is 16.1 Å². The van der Waals surface area contributed by atoms with E-state index in [4.69, 9.17) is 0 Å². The third kappa shape index (κ3) is 3.11. The normalized spacial score (nSPS) is 22.8. The average molecular weight is 267 g/mol. The van der Waals surface area contributed by atoms with Gasteiger partial charge in [0, 0.05) is 35.6 Å². The molecule has 1 aliphatic rings. The monoisotopic (exact) mass is 267 g/mol. The second-order valence-corrected chi connectivity index (χ2v) is 6.65. The van der Waals surface area contributed by atoms with Gasteiger partial charge in [-0.05, 0) is 47.2 Å². The van der Waals surface area contributed by atoms with E-state index >= 15 is 0 Å². The zero-order chi connectivity index (χ0) is 13.1. The number of aromatic nitrogens is 1. The molecule has 0 aromatic carbocycles. The fourth-order valence-electron chi connectivity index (χ4n) is 2.72. The molecule has 0 amide bonds. The van der Waals surface area contributed by atoms with Gasteiger partial charge in [-0.25, -0.2) is 4.98 Å². The lowest BCUT2D eigenvalue weighted by Crippen LogP contribution is -2.36. The smallest absolute Gasteiger partial charge is 0.0943 e. The lowest BCUT2D eigenvalue weighted by atomic mass is 10.1. The van der Waals surface area contributed by atoms with E-state index in [1.165, 1.54) is 29.3 Å². The Hall–Kier alpha value is -0.450. The molecule has 0 saturated carbocycles. The van der Waals surface area contributed by atoms with Crippen LogP contribution in [0.1, 0.15) is 49.5 Å². The molecule has 0 bridgehead atoms. The molecule has 0 aliphatic carbocycles. The minimum atomic E-state index is 0.418. The van der Waals surface area contributed by atoms with Gasteiger partial charge in [0.25, 0.3) is 0 Å².